The van der Waals surface area contributed by atoms with Gasteiger partial charge in [-0.1, -0.05) is 54.1 Å². The number of anilines is 1. The van der Waals surface area contributed by atoms with Crippen LogP contribution in [-0.4, -0.2) is 30.3 Å². The molecule has 0 spiro atoms. The normalized spacial score (nSPS) is 18.3. The molecule has 1 fully saturated rings. The summed E-state index contributed by atoms with van der Waals surface area (Å²) in [5.74, 6) is 0. The van der Waals surface area contributed by atoms with E-state index in [1.54, 1.807) is 0 Å². The maximum atomic E-state index is 9.07. The van der Waals surface area contributed by atoms with E-state index in [2.05, 4.69) is 49.1 Å². The number of aromatic nitrogens is 1. The van der Waals surface area contributed by atoms with E-state index < -0.39 is 0 Å². The van der Waals surface area contributed by atoms with E-state index in [1.165, 1.54) is 5.69 Å². The summed E-state index contributed by atoms with van der Waals surface area (Å²) in [4.78, 5) is 7.16. The highest BCUT2D eigenvalue weighted by Gasteiger charge is 2.22. The molecule has 0 aliphatic carbocycles. The van der Waals surface area contributed by atoms with E-state index >= 15 is 0 Å². The molecule has 1 saturated heterocycles. The predicted octanol–water partition coefficient (Wildman–Crippen LogP) is 6.71. The second-order valence-electron chi connectivity index (χ2n) is 8.59. The van der Waals surface area contributed by atoms with Crippen LogP contribution >= 0.6 is 11.6 Å². The number of rotatable bonds is 3. The molecule has 4 aromatic rings. The van der Waals surface area contributed by atoms with Crippen LogP contribution in [0.25, 0.3) is 33.2 Å². The van der Waals surface area contributed by atoms with Gasteiger partial charge >= 0.3 is 0 Å². The molecule has 33 heavy (non-hydrogen) atoms. The van der Waals surface area contributed by atoms with Gasteiger partial charge in [0.2, 0.25) is 0 Å². The molecule has 4 nitrogen and oxygen atoms in total. The first-order valence-electron chi connectivity index (χ1n) is 11.1. The molecule has 2 heterocycles. The first-order valence-corrected chi connectivity index (χ1v) is 11.5. The lowest BCUT2D eigenvalue weighted by Gasteiger charge is -2.36. The number of hydrogen-bond acceptors (Lipinski definition) is 4. The zero-order valence-corrected chi connectivity index (χ0v) is 19.4. The summed E-state index contributed by atoms with van der Waals surface area (Å²) in [7, 11) is 0. The highest BCUT2D eigenvalue weighted by atomic mass is 35.5. The highest BCUT2D eigenvalue weighted by molar-refractivity contribution is 6.38. The van der Waals surface area contributed by atoms with Crippen LogP contribution in [0.5, 0.6) is 0 Å². The van der Waals surface area contributed by atoms with Gasteiger partial charge in [-0.05, 0) is 49.2 Å². The Balaban J connectivity index is 1.49. The molecule has 5 heteroatoms. The van der Waals surface area contributed by atoms with Gasteiger partial charge in [-0.2, -0.15) is 5.26 Å². The van der Waals surface area contributed by atoms with Gasteiger partial charge in [0.25, 0.3) is 0 Å². The van der Waals surface area contributed by atoms with Crippen molar-refractivity contribution >= 4 is 28.2 Å². The van der Waals surface area contributed by atoms with E-state index in [0.717, 1.165) is 46.2 Å². The van der Waals surface area contributed by atoms with Gasteiger partial charge in [-0.15, -0.1) is 0 Å². The Morgan fingerprint density at radius 1 is 0.909 bits per heavy atom. The van der Waals surface area contributed by atoms with Crippen LogP contribution in [0.15, 0.2) is 72.9 Å². The Hall–Kier alpha value is -3.39. The van der Waals surface area contributed by atoms with Crippen molar-refractivity contribution in [3.8, 4) is 28.3 Å². The van der Waals surface area contributed by atoms with E-state index in [-0.39, 0.29) is 12.2 Å². The fourth-order valence-corrected chi connectivity index (χ4v) is 4.90. The largest absolute Gasteiger partial charge is 0.372 e. The van der Waals surface area contributed by atoms with Gasteiger partial charge in [0.05, 0.1) is 34.4 Å². The molecule has 0 amide bonds. The average molecular weight is 454 g/mol. The zero-order valence-electron chi connectivity index (χ0n) is 18.6. The molecule has 164 valence electrons. The second kappa shape index (κ2) is 8.86. The van der Waals surface area contributed by atoms with Crippen molar-refractivity contribution < 1.29 is 4.74 Å². The lowest BCUT2D eigenvalue weighted by Crippen LogP contribution is -2.45. The van der Waals surface area contributed by atoms with Crippen molar-refractivity contribution in [2.75, 3.05) is 18.0 Å². The summed E-state index contributed by atoms with van der Waals surface area (Å²) >= 11 is 6.90. The van der Waals surface area contributed by atoms with E-state index in [0.29, 0.717) is 10.6 Å². The van der Waals surface area contributed by atoms with E-state index in [4.69, 9.17) is 26.6 Å². The molecular weight excluding hydrogens is 430 g/mol. The second-order valence-corrected chi connectivity index (χ2v) is 8.96. The van der Waals surface area contributed by atoms with Crippen LogP contribution in [0.2, 0.25) is 5.02 Å². The Morgan fingerprint density at radius 3 is 2.21 bits per heavy atom. The van der Waals surface area contributed by atoms with E-state index in [1.807, 2.05) is 48.7 Å². The Bertz CT molecular complexity index is 1330. The third kappa shape index (κ3) is 4.18. The van der Waals surface area contributed by atoms with Crippen molar-refractivity contribution in [3.63, 3.8) is 0 Å². The number of para-hydroxylation sites is 1. The Kier molecular flexibility index (Phi) is 5.76. The number of fused-ring (bicyclic) bond motifs is 1. The minimum atomic E-state index is 0.220. The molecule has 0 radical (unpaired) electrons. The maximum absolute atomic E-state index is 9.07. The molecule has 2 atom stereocenters. The first kappa shape index (κ1) is 21.5. The number of halogens is 1. The molecular formula is C28H24ClN3O. The molecule has 3 aromatic carbocycles. The quantitative estimate of drug-likeness (QED) is 0.346. The molecule has 1 aromatic heterocycles. The fourth-order valence-electron chi connectivity index (χ4n) is 4.59. The Morgan fingerprint density at radius 2 is 1.55 bits per heavy atom. The van der Waals surface area contributed by atoms with Gasteiger partial charge in [-0.3, -0.25) is 4.98 Å². The molecule has 0 bridgehead atoms. The van der Waals surface area contributed by atoms with E-state index in [9.17, 15) is 0 Å². The Labute approximate surface area is 199 Å². The summed E-state index contributed by atoms with van der Waals surface area (Å²) in [6, 6.07) is 24.2. The van der Waals surface area contributed by atoms with Crippen LogP contribution in [0.4, 0.5) is 5.69 Å². The van der Waals surface area contributed by atoms with Crippen LogP contribution < -0.4 is 4.90 Å². The summed E-state index contributed by atoms with van der Waals surface area (Å²) in [6.07, 6.45) is 2.29. The zero-order chi connectivity index (χ0) is 22.9. The van der Waals surface area contributed by atoms with Gasteiger partial charge in [-0.25, -0.2) is 0 Å². The number of hydrogen-bond donors (Lipinski definition) is 0. The summed E-state index contributed by atoms with van der Waals surface area (Å²) in [5.41, 5.74) is 6.63. The SMILES string of the molecule is C[C@@H]1CN(c2ccc(-c3cnc4c(-c5ccc(C#N)cc5)cccc4c3Cl)cc2)C[C@H](C)O1. The van der Waals surface area contributed by atoms with Gasteiger partial charge in [0.1, 0.15) is 0 Å². The number of nitriles is 1. The first-order chi connectivity index (χ1) is 16.0. The van der Waals surface area contributed by atoms with Crippen molar-refractivity contribution in [2.24, 2.45) is 0 Å². The topological polar surface area (TPSA) is 49.2 Å². The number of nitrogens with zero attached hydrogens (tertiary/aromatic N) is 3. The van der Waals surface area contributed by atoms with Crippen LogP contribution in [0.3, 0.4) is 0 Å². The standard InChI is InChI=1S/C28H24ClN3O/c1-18-16-32(17-19(2)33-18)23-12-10-22(11-13-23)26-15-31-28-24(4-3-5-25(28)27(26)29)21-8-6-20(14-30)7-9-21/h3-13,15,18-19H,16-17H2,1-2H3/t18-,19+. The van der Waals surface area contributed by atoms with Crippen LogP contribution in [-0.2, 0) is 4.74 Å². The highest BCUT2D eigenvalue weighted by Crippen LogP contribution is 2.37. The molecule has 1 aliphatic rings. The summed E-state index contributed by atoms with van der Waals surface area (Å²) in [6.45, 7) is 6.01. The molecule has 1 aliphatic heterocycles. The van der Waals surface area contributed by atoms with Crippen molar-refractivity contribution in [2.45, 2.75) is 26.1 Å². The number of benzene rings is 3. The lowest BCUT2D eigenvalue weighted by atomic mass is 9.98. The fraction of sp³-hybridized carbons (Fsp3) is 0.214. The minimum absolute atomic E-state index is 0.220. The average Bonchev–Trinajstić information content (AvgIpc) is 2.84. The number of ether oxygens (including phenoxy) is 1. The predicted molar refractivity (Wildman–Crippen MR) is 135 cm³/mol. The molecule has 5 rings (SSSR count). The maximum Gasteiger partial charge on any atom is 0.0991 e. The molecule has 0 N–H and O–H groups in total. The van der Waals surface area contributed by atoms with Gasteiger partial charge < -0.3 is 9.64 Å². The van der Waals surface area contributed by atoms with Crippen molar-refractivity contribution in [1.29, 1.82) is 5.26 Å². The minimum Gasteiger partial charge on any atom is -0.372 e. The van der Waals surface area contributed by atoms with Crippen molar-refractivity contribution in [1.82, 2.24) is 4.98 Å². The van der Waals surface area contributed by atoms with Crippen molar-refractivity contribution in [3.05, 3.63) is 83.5 Å². The summed E-state index contributed by atoms with van der Waals surface area (Å²) in [5, 5.41) is 10.7. The lowest BCUT2D eigenvalue weighted by molar-refractivity contribution is -0.00521. The van der Waals surface area contributed by atoms with Crippen LogP contribution in [0, 0.1) is 11.3 Å². The third-order valence-electron chi connectivity index (χ3n) is 6.12. The number of morpholine rings is 1. The summed E-state index contributed by atoms with van der Waals surface area (Å²) < 4.78 is 5.86. The van der Waals surface area contributed by atoms with Crippen LogP contribution in [0.1, 0.15) is 19.4 Å². The smallest absolute Gasteiger partial charge is 0.0991 e. The number of pyridine rings is 1. The monoisotopic (exact) mass is 453 g/mol. The molecule has 0 saturated carbocycles. The third-order valence-corrected chi connectivity index (χ3v) is 6.53. The van der Waals surface area contributed by atoms with Gasteiger partial charge in [0.15, 0.2) is 0 Å². The van der Waals surface area contributed by atoms with Gasteiger partial charge in [0, 0.05) is 41.5 Å². The molecule has 0 unspecified atom stereocenters.